The molecule has 16 heteroatoms. The fourth-order valence-electron chi connectivity index (χ4n) is 5.28. The fourth-order valence-corrected chi connectivity index (χ4v) is 5.28. The van der Waals surface area contributed by atoms with E-state index in [1.165, 1.54) is 11.9 Å². The molecule has 5 aromatic rings. The molecule has 3 amide bonds. The van der Waals surface area contributed by atoms with Crippen LogP contribution in [0.5, 0.6) is 5.75 Å². The molecule has 1 unspecified atom stereocenters. The number of fused-ring (bicyclic) bond motifs is 1. The third-order valence-corrected chi connectivity index (χ3v) is 8.25. The highest BCUT2D eigenvalue weighted by Gasteiger charge is 2.19. The number of carbonyl (C=O) groups excluding carboxylic acids is 4. The number of aliphatic hydroxyl groups is 1. The van der Waals surface area contributed by atoms with Gasteiger partial charge in [0.25, 0.3) is 5.91 Å². The molecule has 0 heterocycles. The molecule has 8 N–H and O–H groups in total. The van der Waals surface area contributed by atoms with Gasteiger partial charge in [0.1, 0.15) is 25.0 Å². The molecule has 0 aromatic heterocycles. The normalized spacial score (nSPS) is 11.3. The van der Waals surface area contributed by atoms with Gasteiger partial charge in [0.2, 0.25) is 0 Å². The van der Waals surface area contributed by atoms with Gasteiger partial charge in [0.15, 0.2) is 5.75 Å². The summed E-state index contributed by atoms with van der Waals surface area (Å²) >= 11 is 0. The van der Waals surface area contributed by atoms with Gasteiger partial charge in [-0.3, -0.25) is 9.80 Å². The van der Waals surface area contributed by atoms with Crippen molar-refractivity contribution in [3.8, 4) is 5.75 Å². The van der Waals surface area contributed by atoms with Crippen molar-refractivity contribution in [3.05, 3.63) is 133 Å². The van der Waals surface area contributed by atoms with E-state index in [1.54, 1.807) is 103 Å². The molecule has 0 saturated carbocycles. The van der Waals surface area contributed by atoms with Gasteiger partial charge < -0.3 is 41.0 Å². The number of phenols is 1. The standard InChI is InChI=1S/C42H42N8O8/c1-4-37(52)58-25-34(51)24-45-30-9-7-10-31(23-30)46-40(54)36-22-27-8-5-6-11-35(27)38(39(36)53)49-48-29-14-18-33(19-15-29)50(43)32-16-12-28(13-17-32)47-42(56)44-20-21-57-41(55)26(2)3/h4-19,22-23,34,45,51,53H,1-2,20-21,24-25,43H2,3H3,(H,46,54)(H2,44,47,56)/b49-48+. The molecule has 58 heavy (non-hydrogen) atoms. The molecule has 16 nitrogen and oxygen atoms in total. The number of anilines is 5. The van der Waals surface area contributed by atoms with E-state index in [2.05, 4.69) is 44.7 Å². The topological polar surface area (TPSA) is 229 Å². The summed E-state index contributed by atoms with van der Waals surface area (Å²) in [4.78, 5) is 48.4. The highest BCUT2D eigenvalue weighted by Crippen LogP contribution is 2.40. The van der Waals surface area contributed by atoms with Crippen LogP contribution in [-0.4, -0.2) is 66.5 Å². The summed E-state index contributed by atoms with van der Waals surface area (Å²) in [6.07, 6.45) is 0.0312. The molecule has 0 aliphatic heterocycles. The number of nitrogens with zero attached hydrogens (tertiary/aromatic N) is 3. The van der Waals surface area contributed by atoms with Crippen LogP contribution in [0.15, 0.2) is 138 Å². The lowest BCUT2D eigenvalue weighted by Crippen LogP contribution is -2.32. The van der Waals surface area contributed by atoms with E-state index in [0.29, 0.717) is 44.9 Å². The van der Waals surface area contributed by atoms with Crippen LogP contribution >= 0.6 is 0 Å². The van der Waals surface area contributed by atoms with Crippen molar-refractivity contribution in [3.63, 3.8) is 0 Å². The van der Waals surface area contributed by atoms with Crippen LogP contribution in [0.1, 0.15) is 17.3 Å². The van der Waals surface area contributed by atoms with Crippen molar-refractivity contribution in [1.82, 2.24) is 5.32 Å². The summed E-state index contributed by atoms with van der Waals surface area (Å²) in [5.74, 6) is 4.26. The van der Waals surface area contributed by atoms with E-state index in [-0.39, 0.29) is 48.9 Å². The molecular formula is C42H42N8O8. The van der Waals surface area contributed by atoms with Crippen LogP contribution < -0.4 is 32.1 Å². The lowest BCUT2D eigenvalue weighted by molar-refractivity contribution is -0.140. The average Bonchev–Trinajstić information content (AvgIpc) is 3.23. The largest absolute Gasteiger partial charge is 0.505 e. The van der Waals surface area contributed by atoms with Gasteiger partial charge >= 0.3 is 18.0 Å². The van der Waals surface area contributed by atoms with Crippen LogP contribution in [0.2, 0.25) is 0 Å². The van der Waals surface area contributed by atoms with Gasteiger partial charge in [-0.15, -0.1) is 5.11 Å². The van der Waals surface area contributed by atoms with E-state index in [4.69, 9.17) is 15.3 Å². The molecule has 298 valence electrons. The molecule has 0 bridgehead atoms. The Morgan fingerprint density at radius 1 is 0.862 bits per heavy atom. The number of nitrogens with one attached hydrogen (secondary N) is 4. The molecule has 0 saturated heterocycles. The third kappa shape index (κ3) is 11.5. The summed E-state index contributed by atoms with van der Waals surface area (Å²) in [6.45, 7) is 8.35. The van der Waals surface area contributed by atoms with E-state index < -0.39 is 30.0 Å². The van der Waals surface area contributed by atoms with Crippen molar-refractivity contribution in [2.75, 3.05) is 47.3 Å². The van der Waals surface area contributed by atoms with Gasteiger partial charge in [-0.25, -0.2) is 20.2 Å². The van der Waals surface area contributed by atoms with E-state index in [0.717, 1.165) is 6.08 Å². The third-order valence-electron chi connectivity index (χ3n) is 8.25. The first-order valence-electron chi connectivity index (χ1n) is 17.8. The monoisotopic (exact) mass is 786 g/mol. The highest BCUT2D eigenvalue weighted by molar-refractivity contribution is 6.11. The Labute approximate surface area is 333 Å². The fraction of sp³-hybridized carbons (Fsp3) is 0.143. The van der Waals surface area contributed by atoms with Gasteiger partial charge in [0, 0.05) is 40.6 Å². The van der Waals surface area contributed by atoms with Gasteiger partial charge in [-0.1, -0.05) is 43.5 Å². The number of urea groups is 1. The minimum Gasteiger partial charge on any atom is -0.505 e. The molecular weight excluding hydrogens is 745 g/mol. The zero-order valence-electron chi connectivity index (χ0n) is 31.5. The first-order valence-corrected chi connectivity index (χ1v) is 17.8. The number of nitrogens with two attached hydrogens (primary N) is 1. The highest BCUT2D eigenvalue weighted by atomic mass is 16.5. The average molecular weight is 787 g/mol. The van der Waals surface area contributed by atoms with Crippen LogP contribution in [0.25, 0.3) is 10.8 Å². The number of hydrogen-bond donors (Lipinski definition) is 7. The first kappa shape index (κ1) is 41.6. The van der Waals surface area contributed by atoms with Gasteiger partial charge in [0.05, 0.1) is 29.2 Å². The minimum atomic E-state index is -0.978. The van der Waals surface area contributed by atoms with E-state index in [9.17, 15) is 29.4 Å². The number of phenolic OH excluding ortho intramolecular Hbond substituents is 1. The summed E-state index contributed by atoms with van der Waals surface area (Å²) in [5, 5.41) is 43.9. The Hall–Kier alpha value is -7.56. The second-order valence-electron chi connectivity index (χ2n) is 12.7. The molecule has 0 radical (unpaired) electrons. The number of hydrogen-bond acceptors (Lipinski definition) is 13. The lowest BCUT2D eigenvalue weighted by Gasteiger charge is -2.19. The number of aromatic hydroxyl groups is 1. The smallest absolute Gasteiger partial charge is 0.333 e. The van der Waals surface area contributed by atoms with Crippen LogP contribution in [0.3, 0.4) is 0 Å². The van der Waals surface area contributed by atoms with Crippen molar-refractivity contribution >= 4 is 74.5 Å². The Kier molecular flexibility index (Phi) is 14.2. The Morgan fingerprint density at radius 2 is 1.55 bits per heavy atom. The lowest BCUT2D eigenvalue weighted by atomic mass is 10.0. The molecule has 5 aromatic carbocycles. The second kappa shape index (κ2) is 19.9. The number of hydrazine groups is 1. The molecule has 0 aliphatic carbocycles. The number of ether oxygens (including phenoxy) is 2. The second-order valence-corrected chi connectivity index (χ2v) is 12.7. The summed E-state index contributed by atoms with van der Waals surface area (Å²) in [6, 6.07) is 28.7. The SMILES string of the molecule is C=CC(=O)OCC(O)CNc1cccc(NC(=O)c2cc3ccccc3c(/N=N/c3ccc(N(N)c4ccc(NC(=O)NCCOC(=O)C(=C)C)cc4)cc3)c2O)c1. The predicted molar refractivity (Wildman–Crippen MR) is 222 cm³/mol. The van der Waals surface area contributed by atoms with Gasteiger partial charge in [-0.2, -0.15) is 5.11 Å². The minimum absolute atomic E-state index is 0.0118. The van der Waals surface area contributed by atoms with Crippen molar-refractivity contribution in [2.24, 2.45) is 16.1 Å². The van der Waals surface area contributed by atoms with Crippen molar-refractivity contribution in [1.29, 1.82) is 0 Å². The number of aliphatic hydroxyl groups excluding tert-OH is 1. The number of azo groups is 1. The molecule has 5 rings (SSSR count). The molecule has 0 spiro atoms. The number of carbonyl (C=O) groups is 4. The number of esters is 2. The van der Waals surface area contributed by atoms with E-state index >= 15 is 0 Å². The van der Waals surface area contributed by atoms with Crippen molar-refractivity contribution in [2.45, 2.75) is 13.0 Å². The van der Waals surface area contributed by atoms with E-state index in [1.807, 2.05) is 0 Å². The van der Waals surface area contributed by atoms with Gasteiger partial charge in [-0.05, 0) is 85.1 Å². The summed E-state index contributed by atoms with van der Waals surface area (Å²) < 4.78 is 9.80. The molecule has 1 atom stereocenters. The Morgan fingerprint density at radius 3 is 2.26 bits per heavy atom. The number of amides is 3. The molecule has 0 fully saturated rings. The first-order chi connectivity index (χ1) is 27.9. The maximum Gasteiger partial charge on any atom is 0.333 e. The van der Waals surface area contributed by atoms with Crippen LogP contribution in [0, 0.1) is 0 Å². The summed E-state index contributed by atoms with van der Waals surface area (Å²) in [5.41, 5.74) is 3.57. The zero-order chi connectivity index (χ0) is 41.6. The Balaban J connectivity index is 1.22. The number of benzene rings is 5. The number of rotatable bonds is 17. The summed E-state index contributed by atoms with van der Waals surface area (Å²) in [7, 11) is 0. The Bertz CT molecular complexity index is 2330. The van der Waals surface area contributed by atoms with Crippen LogP contribution in [0.4, 0.5) is 44.6 Å². The quantitative estimate of drug-likeness (QED) is 0.0127. The molecule has 0 aliphatic rings. The van der Waals surface area contributed by atoms with Crippen LogP contribution in [-0.2, 0) is 19.1 Å². The zero-order valence-corrected chi connectivity index (χ0v) is 31.5. The maximum atomic E-state index is 13.5. The van der Waals surface area contributed by atoms with Crippen molar-refractivity contribution < 1.29 is 38.9 Å². The maximum absolute atomic E-state index is 13.5. The predicted octanol–water partition coefficient (Wildman–Crippen LogP) is 6.97.